The molecule has 0 saturated carbocycles. The normalized spacial score (nSPS) is 23.2. The Hall–Kier alpha value is -1.35. The van der Waals surface area contributed by atoms with E-state index in [9.17, 15) is 13.2 Å². The SMILES string of the molecule is Cc1ccc(S(=O)(=O)N2CCCC(C(=O)NC3CCSc4ccccc43)C2)s1. The van der Waals surface area contributed by atoms with Crippen molar-refractivity contribution in [1.29, 1.82) is 0 Å². The van der Waals surface area contributed by atoms with Crippen molar-refractivity contribution in [3.8, 4) is 0 Å². The molecule has 1 N–H and O–H groups in total. The van der Waals surface area contributed by atoms with Gasteiger partial charge in [0.05, 0.1) is 12.0 Å². The van der Waals surface area contributed by atoms with Gasteiger partial charge >= 0.3 is 0 Å². The average molecular weight is 437 g/mol. The third-order valence-corrected chi connectivity index (χ3v) is 9.80. The summed E-state index contributed by atoms with van der Waals surface area (Å²) in [6.45, 7) is 2.64. The third-order valence-electron chi connectivity index (χ3n) is 5.34. The number of carbonyl (C=O) groups excluding carboxylic acids is 1. The molecule has 2 unspecified atom stereocenters. The molecule has 8 heteroatoms. The average Bonchev–Trinajstić information content (AvgIpc) is 3.15. The molecule has 5 nitrogen and oxygen atoms in total. The summed E-state index contributed by atoms with van der Waals surface area (Å²) in [5, 5.41) is 3.19. The number of hydrogen-bond acceptors (Lipinski definition) is 5. The number of nitrogens with zero attached hydrogens (tertiary/aromatic N) is 1. The van der Waals surface area contributed by atoms with Crippen LogP contribution in [0.4, 0.5) is 0 Å². The molecule has 1 amide bonds. The van der Waals surface area contributed by atoms with Gasteiger partial charge in [0.1, 0.15) is 4.21 Å². The Morgan fingerprint density at radius 1 is 1.18 bits per heavy atom. The van der Waals surface area contributed by atoms with Gasteiger partial charge in [0.25, 0.3) is 10.0 Å². The number of carbonyl (C=O) groups is 1. The Kier molecular flexibility index (Phi) is 5.83. The summed E-state index contributed by atoms with van der Waals surface area (Å²) in [5.74, 6) is 0.644. The molecular formula is C20H24N2O3S3. The molecule has 4 rings (SSSR count). The molecule has 28 heavy (non-hydrogen) atoms. The molecule has 150 valence electrons. The maximum atomic E-state index is 13.0. The number of sulfonamides is 1. The Morgan fingerprint density at radius 2 is 2.00 bits per heavy atom. The molecule has 2 aliphatic rings. The number of aryl methyl sites for hydroxylation is 1. The molecule has 3 heterocycles. The monoisotopic (exact) mass is 436 g/mol. The number of piperidine rings is 1. The fourth-order valence-corrected chi connectivity index (χ4v) is 7.92. The second-order valence-corrected chi connectivity index (χ2v) is 11.9. The highest BCUT2D eigenvalue weighted by Crippen LogP contribution is 2.36. The smallest absolute Gasteiger partial charge is 0.252 e. The molecule has 1 aromatic carbocycles. The summed E-state index contributed by atoms with van der Waals surface area (Å²) in [6, 6.07) is 11.7. The summed E-state index contributed by atoms with van der Waals surface area (Å²) >= 11 is 3.11. The van der Waals surface area contributed by atoms with E-state index in [0.29, 0.717) is 17.2 Å². The zero-order valence-electron chi connectivity index (χ0n) is 15.8. The summed E-state index contributed by atoms with van der Waals surface area (Å²) in [5.41, 5.74) is 1.17. The molecule has 2 atom stereocenters. The van der Waals surface area contributed by atoms with Crippen LogP contribution in [0.2, 0.25) is 0 Å². The standard InChI is InChI=1S/C20H24N2O3S3/c1-14-8-9-19(27-14)28(24,25)22-11-4-5-15(13-22)20(23)21-17-10-12-26-18-7-3-2-6-16(17)18/h2-3,6-9,15,17H,4-5,10-13H2,1H3,(H,21,23). The highest BCUT2D eigenvalue weighted by atomic mass is 32.2. The molecule has 0 radical (unpaired) electrons. The Bertz CT molecular complexity index is 971. The lowest BCUT2D eigenvalue weighted by Gasteiger charge is -2.33. The van der Waals surface area contributed by atoms with Crippen molar-refractivity contribution in [2.75, 3.05) is 18.8 Å². The largest absolute Gasteiger partial charge is 0.349 e. The first-order chi connectivity index (χ1) is 13.4. The van der Waals surface area contributed by atoms with Gasteiger partial charge in [-0.1, -0.05) is 18.2 Å². The van der Waals surface area contributed by atoms with Gasteiger partial charge in [-0.3, -0.25) is 4.79 Å². The fourth-order valence-electron chi connectivity index (χ4n) is 3.83. The van der Waals surface area contributed by atoms with Gasteiger partial charge < -0.3 is 5.32 Å². The van der Waals surface area contributed by atoms with E-state index in [1.165, 1.54) is 26.1 Å². The number of rotatable bonds is 4. The molecule has 1 fully saturated rings. The predicted octanol–water partition coefficient (Wildman–Crippen LogP) is 3.81. The molecule has 2 aliphatic heterocycles. The second kappa shape index (κ2) is 8.18. The van der Waals surface area contributed by atoms with Crippen molar-refractivity contribution in [3.05, 3.63) is 46.8 Å². The molecule has 1 saturated heterocycles. The van der Waals surface area contributed by atoms with Crippen LogP contribution in [0.1, 0.15) is 35.7 Å². The number of fused-ring (bicyclic) bond motifs is 1. The van der Waals surface area contributed by atoms with Crippen LogP contribution in [-0.2, 0) is 14.8 Å². The fraction of sp³-hybridized carbons (Fsp3) is 0.450. The molecule has 0 bridgehead atoms. The zero-order valence-corrected chi connectivity index (χ0v) is 18.2. The van der Waals surface area contributed by atoms with Crippen LogP contribution in [0.25, 0.3) is 0 Å². The first kappa shape index (κ1) is 19.9. The van der Waals surface area contributed by atoms with Gasteiger partial charge in [-0.2, -0.15) is 4.31 Å². The molecule has 0 spiro atoms. The minimum atomic E-state index is -3.52. The number of nitrogens with one attached hydrogen (secondary N) is 1. The molecule has 1 aromatic heterocycles. The number of benzene rings is 1. The van der Waals surface area contributed by atoms with E-state index >= 15 is 0 Å². The van der Waals surface area contributed by atoms with Crippen LogP contribution in [0.5, 0.6) is 0 Å². The van der Waals surface area contributed by atoms with Crippen molar-refractivity contribution < 1.29 is 13.2 Å². The number of thioether (sulfide) groups is 1. The lowest BCUT2D eigenvalue weighted by atomic mass is 9.97. The van der Waals surface area contributed by atoms with Crippen molar-refractivity contribution in [1.82, 2.24) is 9.62 Å². The van der Waals surface area contributed by atoms with Crippen LogP contribution in [0.3, 0.4) is 0 Å². The van der Waals surface area contributed by atoms with E-state index in [0.717, 1.165) is 23.5 Å². The first-order valence-electron chi connectivity index (χ1n) is 9.54. The minimum absolute atomic E-state index is 0.0110. The lowest BCUT2D eigenvalue weighted by molar-refractivity contribution is -0.126. The van der Waals surface area contributed by atoms with E-state index < -0.39 is 10.0 Å². The van der Waals surface area contributed by atoms with Gasteiger partial charge in [-0.05, 0) is 49.9 Å². The summed E-state index contributed by atoms with van der Waals surface area (Å²) in [6.07, 6.45) is 2.33. The van der Waals surface area contributed by atoms with Crippen molar-refractivity contribution in [3.63, 3.8) is 0 Å². The van der Waals surface area contributed by atoms with E-state index in [1.807, 2.05) is 36.9 Å². The maximum Gasteiger partial charge on any atom is 0.252 e. The zero-order chi connectivity index (χ0) is 19.7. The van der Waals surface area contributed by atoms with Crippen LogP contribution in [0.15, 0.2) is 45.5 Å². The van der Waals surface area contributed by atoms with E-state index in [2.05, 4.69) is 17.4 Å². The van der Waals surface area contributed by atoms with Crippen molar-refractivity contribution in [2.45, 2.75) is 41.3 Å². The Labute approximate surface area is 174 Å². The van der Waals surface area contributed by atoms with Crippen LogP contribution in [-0.4, -0.2) is 37.5 Å². The molecule has 2 aromatic rings. The van der Waals surface area contributed by atoms with Crippen molar-refractivity contribution in [2.24, 2.45) is 5.92 Å². The maximum absolute atomic E-state index is 13.0. The Balaban J connectivity index is 1.46. The summed E-state index contributed by atoms with van der Waals surface area (Å²) in [7, 11) is -3.52. The lowest BCUT2D eigenvalue weighted by Crippen LogP contribution is -2.46. The quantitative estimate of drug-likeness (QED) is 0.791. The number of thiophene rings is 1. The first-order valence-corrected chi connectivity index (χ1v) is 12.8. The van der Waals surface area contributed by atoms with Crippen LogP contribution in [0, 0.1) is 12.8 Å². The van der Waals surface area contributed by atoms with Crippen LogP contribution < -0.4 is 5.32 Å². The van der Waals surface area contributed by atoms with Gasteiger partial charge in [-0.25, -0.2) is 8.42 Å². The van der Waals surface area contributed by atoms with E-state index in [4.69, 9.17) is 0 Å². The number of amides is 1. The third kappa shape index (κ3) is 4.01. The predicted molar refractivity (Wildman–Crippen MR) is 113 cm³/mol. The number of hydrogen-bond donors (Lipinski definition) is 1. The summed E-state index contributed by atoms with van der Waals surface area (Å²) in [4.78, 5) is 15.1. The van der Waals surface area contributed by atoms with Crippen LogP contribution >= 0.6 is 23.1 Å². The van der Waals surface area contributed by atoms with Crippen molar-refractivity contribution >= 4 is 39.0 Å². The molecular weight excluding hydrogens is 412 g/mol. The Morgan fingerprint density at radius 3 is 2.79 bits per heavy atom. The highest BCUT2D eigenvalue weighted by molar-refractivity contribution is 7.99. The molecule has 0 aliphatic carbocycles. The van der Waals surface area contributed by atoms with Gasteiger partial charge in [-0.15, -0.1) is 23.1 Å². The van der Waals surface area contributed by atoms with Gasteiger partial charge in [0, 0.05) is 28.6 Å². The van der Waals surface area contributed by atoms with E-state index in [-0.39, 0.29) is 24.4 Å². The van der Waals surface area contributed by atoms with Gasteiger partial charge in [0.2, 0.25) is 5.91 Å². The highest BCUT2D eigenvalue weighted by Gasteiger charge is 2.35. The topological polar surface area (TPSA) is 66.5 Å². The minimum Gasteiger partial charge on any atom is -0.349 e. The van der Waals surface area contributed by atoms with E-state index in [1.54, 1.807) is 6.07 Å². The second-order valence-electron chi connectivity index (χ2n) is 7.30. The van der Waals surface area contributed by atoms with Gasteiger partial charge in [0.15, 0.2) is 0 Å². The summed E-state index contributed by atoms with van der Waals surface area (Å²) < 4.78 is 27.7.